The van der Waals surface area contributed by atoms with Crippen LogP contribution in [-0.2, 0) is 14.3 Å². The van der Waals surface area contributed by atoms with E-state index in [1.54, 1.807) is 7.05 Å². The lowest BCUT2D eigenvalue weighted by atomic mass is 10.1. The highest BCUT2D eigenvalue weighted by molar-refractivity contribution is 14.0. The van der Waals surface area contributed by atoms with Gasteiger partial charge in [0.05, 0.1) is 0 Å². The van der Waals surface area contributed by atoms with Crippen LogP contribution in [0.4, 0.5) is 0 Å². The first kappa shape index (κ1) is 22.9. The molecule has 0 spiro atoms. The van der Waals surface area contributed by atoms with Crippen molar-refractivity contribution in [1.82, 2.24) is 15.1 Å². The summed E-state index contributed by atoms with van der Waals surface area (Å²) in [5, 5.41) is 3.03. The van der Waals surface area contributed by atoms with Crippen LogP contribution in [0.25, 0.3) is 0 Å². The van der Waals surface area contributed by atoms with Crippen LogP contribution in [0.2, 0.25) is 0 Å². The number of halogens is 1. The average Bonchev–Trinajstić information content (AvgIpc) is 2.45. The minimum atomic E-state index is -0.495. The van der Waals surface area contributed by atoms with E-state index in [2.05, 4.69) is 15.2 Å². The van der Waals surface area contributed by atoms with Gasteiger partial charge in [-0.2, -0.15) is 0 Å². The molecule has 1 saturated heterocycles. The van der Waals surface area contributed by atoms with E-state index in [9.17, 15) is 9.59 Å². The molecule has 0 aromatic carbocycles. The summed E-state index contributed by atoms with van der Waals surface area (Å²) in [6.07, 6.45) is 0. The average molecular weight is 454 g/mol. The lowest BCUT2D eigenvalue weighted by molar-refractivity contribution is -0.153. The third kappa shape index (κ3) is 7.67. The SMILES string of the molecule is CN=C(NCC(=O)OC(C)(C)C)N1CCN(C(=O)C(C)C)CC1.I. The first-order valence-electron chi connectivity index (χ1n) is 8.10. The standard InChI is InChI=1S/C16H30N4O3.HI/c1-12(2)14(22)19-7-9-20(10-8-19)15(17-6)18-11-13(21)23-16(3,4)5;/h12H,7-11H2,1-6H3,(H,17,18);1H. The van der Waals surface area contributed by atoms with Gasteiger partial charge in [0, 0.05) is 39.1 Å². The molecule has 24 heavy (non-hydrogen) atoms. The zero-order valence-corrected chi connectivity index (χ0v) is 17.9. The van der Waals surface area contributed by atoms with Gasteiger partial charge in [0.25, 0.3) is 0 Å². The number of guanidine groups is 1. The molecule has 0 saturated carbocycles. The van der Waals surface area contributed by atoms with Crippen LogP contribution >= 0.6 is 24.0 Å². The highest BCUT2D eigenvalue weighted by Crippen LogP contribution is 2.08. The molecule has 1 amide bonds. The zero-order valence-electron chi connectivity index (χ0n) is 15.6. The molecule has 1 N–H and O–H groups in total. The first-order valence-corrected chi connectivity index (χ1v) is 8.10. The van der Waals surface area contributed by atoms with Crippen LogP contribution < -0.4 is 5.32 Å². The molecular weight excluding hydrogens is 423 g/mol. The molecule has 0 aromatic rings. The van der Waals surface area contributed by atoms with E-state index in [1.165, 1.54) is 0 Å². The summed E-state index contributed by atoms with van der Waals surface area (Å²) >= 11 is 0. The Kier molecular flexibility index (Phi) is 9.61. The topological polar surface area (TPSA) is 74.2 Å². The quantitative estimate of drug-likeness (QED) is 0.302. The summed E-state index contributed by atoms with van der Waals surface area (Å²) in [5.41, 5.74) is -0.495. The number of carbonyl (C=O) groups is 2. The Balaban J connectivity index is 0.00000529. The lowest BCUT2D eigenvalue weighted by Crippen LogP contribution is -2.55. The Morgan fingerprint density at radius 1 is 1.12 bits per heavy atom. The molecule has 140 valence electrons. The van der Waals surface area contributed by atoms with E-state index < -0.39 is 5.60 Å². The molecule has 1 aliphatic heterocycles. The van der Waals surface area contributed by atoms with Crippen LogP contribution in [0, 0.1) is 5.92 Å². The van der Waals surface area contributed by atoms with E-state index >= 15 is 0 Å². The van der Waals surface area contributed by atoms with Crippen LogP contribution in [0.15, 0.2) is 4.99 Å². The second kappa shape index (κ2) is 10.0. The maximum Gasteiger partial charge on any atom is 0.325 e. The molecule has 0 aromatic heterocycles. The number of rotatable bonds is 3. The van der Waals surface area contributed by atoms with Gasteiger partial charge in [-0.3, -0.25) is 14.6 Å². The fourth-order valence-electron chi connectivity index (χ4n) is 2.36. The van der Waals surface area contributed by atoms with Gasteiger partial charge >= 0.3 is 5.97 Å². The number of hydrogen-bond donors (Lipinski definition) is 1. The Morgan fingerprint density at radius 2 is 1.62 bits per heavy atom. The van der Waals surface area contributed by atoms with E-state index in [4.69, 9.17) is 4.74 Å². The van der Waals surface area contributed by atoms with E-state index in [1.807, 2.05) is 39.5 Å². The van der Waals surface area contributed by atoms with Gasteiger partial charge in [-0.05, 0) is 20.8 Å². The predicted octanol–water partition coefficient (Wildman–Crippen LogP) is 1.32. The van der Waals surface area contributed by atoms with Gasteiger partial charge < -0.3 is 19.9 Å². The summed E-state index contributed by atoms with van der Waals surface area (Å²) in [7, 11) is 1.68. The number of esters is 1. The number of ether oxygens (including phenoxy) is 1. The maximum absolute atomic E-state index is 12.0. The summed E-state index contributed by atoms with van der Waals surface area (Å²) in [5.74, 6) is 0.548. The number of amides is 1. The molecule has 1 heterocycles. The van der Waals surface area contributed by atoms with Crippen molar-refractivity contribution in [3.8, 4) is 0 Å². The predicted molar refractivity (Wildman–Crippen MR) is 106 cm³/mol. The van der Waals surface area contributed by atoms with E-state index in [0.717, 1.165) is 0 Å². The van der Waals surface area contributed by atoms with Gasteiger partial charge in [0.2, 0.25) is 5.91 Å². The van der Waals surface area contributed by atoms with Crippen molar-refractivity contribution in [3.63, 3.8) is 0 Å². The van der Waals surface area contributed by atoms with Crippen molar-refractivity contribution in [2.24, 2.45) is 10.9 Å². The number of carbonyl (C=O) groups excluding carboxylic acids is 2. The molecule has 0 radical (unpaired) electrons. The number of nitrogens with one attached hydrogen (secondary N) is 1. The van der Waals surface area contributed by atoms with Crippen molar-refractivity contribution in [3.05, 3.63) is 0 Å². The largest absolute Gasteiger partial charge is 0.459 e. The smallest absolute Gasteiger partial charge is 0.325 e. The van der Waals surface area contributed by atoms with Gasteiger partial charge in [0.1, 0.15) is 12.1 Å². The maximum atomic E-state index is 12.0. The first-order chi connectivity index (χ1) is 10.6. The van der Waals surface area contributed by atoms with Crippen LogP contribution in [0.5, 0.6) is 0 Å². The van der Waals surface area contributed by atoms with Gasteiger partial charge in [-0.15, -0.1) is 24.0 Å². The fourth-order valence-corrected chi connectivity index (χ4v) is 2.36. The highest BCUT2D eigenvalue weighted by atomic mass is 127. The molecule has 1 fully saturated rings. The molecule has 1 rings (SSSR count). The molecule has 8 heteroatoms. The summed E-state index contributed by atoms with van der Waals surface area (Å²) in [6.45, 7) is 12.2. The minimum Gasteiger partial charge on any atom is -0.459 e. The molecular formula is C16H31IN4O3. The fraction of sp³-hybridized carbons (Fsp3) is 0.812. The summed E-state index contributed by atoms with van der Waals surface area (Å²) in [4.78, 5) is 31.9. The van der Waals surface area contributed by atoms with Crippen molar-refractivity contribution >= 4 is 41.8 Å². The Bertz CT molecular complexity index is 453. The van der Waals surface area contributed by atoms with E-state index in [0.29, 0.717) is 32.1 Å². The number of aliphatic imine (C=N–C) groups is 1. The zero-order chi connectivity index (χ0) is 17.6. The normalized spacial score (nSPS) is 15.9. The highest BCUT2D eigenvalue weighted by Gasteiger charge is 2.25. The van der Waals surface area contributed by atoms with Gasteiger partial charge in [0.15, 0.2) is 5.96 Å². The second-order valence-corrected chi connectivity index (χ2v) is 6.95. The Labute approximate surface area is 162 Å². The molecule has 0 bridgehead atoms. The third-order valence-electron chi connectivity index (χ3n) is 3.41. The molecule has 0 atom stereocenters. The number of hydrogen-bond acceptors (Lipinski definition) is 4. The van der Waals surface area contributed by atoms with Crippen LogP contribution in [-0.4, -0.2) is 73.0 Å². The van der Waals surface area contributed by atoms with Gasteiger partial charge in [-0.1, -0.05) is 13.8 Å². The summed E-state index contributed by atoms with van der Waals surface area (Å²) in [6, 6.07) is 0. The summed E-state index contributed by atoms with van der Waals surface area (Å²) < 4.78 is 5.27. The van der Waals surface area contributed by atoms with Gasteiger partial charge in [-0.25, -0.2) is 0 Å². The van der Waals surface area contributed by atoms with Crippen molar-refractivity contribution < 1.29 is 14.3 Å². The van der Waals surface area contributed by atoms with Crippen molar-refractivity contribution in [2.75, 3.05) is 39.8 Å². The Morgan fingerprint density at radius 3 is 2.04 bits per heavy atom. The minimum absolute atomic E-state index is 0. The Hall–Kier alpha value is -1.06. The molecule has 1 aliphatic rings. The lowest BCUT2D eigenvalue weighted by Gasteiger charge is -2.37. The monoisotopic (exact) mass is 454 g/mol. The third-order valence-corrected chi connectivity index (χ3v) is 3.41. The molecule has 0 unspecified atom stereocenters. The van der Waals surface area contributed by atoms with E-state index in [-0.39, 0.29) is 48.3 Å². The molecule has 0 aliphatic carbocycles. The second-order valence-electron chi connectivity index (χ2n) is 6.95. The van der Waals surface area contributed by atoms with Crippen molar-refractivity contribution in [1.29, 1.82) is 0 Å². The molecule has 7 nitrogen and oxygen atoms in total. The van der Waals surface area contributed by atoms with Crippen molar-refractivity contribution in [2.45, 2.75) is 40.2 Å². The van der Waals surface area contributed by atoms with Crippen LogP contribution in [0.3, 0.4) is 0 Å². The number of piperazine rings is 1. The van der Waals surface area contributed by atoms with Crippen LogP contribution in [0.1, 0.15) is 34.6 Å². The number of nitrogens with zero attached hydrogens (tertiary/aromatic N) is 3.